The van der Waals surface area contributed by atoms with Crippen molar-refractivity contribution in [3.8, 4) is 0 Å². The van der Waals surface area contributed by atoms with Crippen LogP contribution in [0.1, 0.15) is 36.8 Å². The molecule has 17 heavy (non-hydrogen) atoms. The molecule has 0 aliphatic carbocycles. The van der Waals surface area contributed by atoms with E-state index in [-0.39, 0.29) is 12.2 Å². The molecule has 1 N–H and O–H groups in total. The van der Waals surface area contributed by atoms with Gasteiger partial charge in [0.2, 0.25) is 0 Å². The van der Waals surface area contributed by atoms with Gasteiger partial charge in [-0.05, 0) is 24.0 Å². The zero-order valence-electron chi connectivity index (χ0n) is 9.73. The van der Waals surface area contributed by atoms with Crippen LogP contribution in [0.2, 0.25) is 0 Å². The summed E-state index contributed by atoms with van der Waals surface area (Å²) in [7, 11) is 0. The fraction of sp³-hybridized carbons (Fsp3) is 0.571. The van der Waals surface area contributed by atoms with Crippen LogP contribution < -0.4 is 0 Å². The summed E-state index contributed by atoms with van der Waals surface area (Å²) in [5.41, 5.74) is 1.59. The van der Waals surface area contributed by atoms with Crippen molar-refractivity contribution in [2.75, 3.05) is 0 Å². The molecule has 0 spiro atoms. The number of fused-ring (bicyclic) bond motifs is 2. The van der Waals surface area contributed by atoms with Gasteiger partial charge in [-0.1, -0.05) is 40.2 Å². The van der Waals surface area contributed by atoms with Gasteiger partial charge in [-0.25, -0.2) is 0 Å². The molecular formula is C14H17BrO2. The number of ether oxygens (including phenoxy) is 1. The minimum atomic E-state index is -0.678. The molecule has 2 aliphatic rings. The van der Waals surface area contributed by atoms with Gasteiger partial charge in [-0.15, -0.1) is 0 Å². The minimum absolute atomic E-state index is 0.256. The predicted molar refractivity (Wildman–Crippen MR) is 70.1 cm³/mol. The lowest BCUT2D eigenvalue weighted by atomic mass is 9.83. The Balaban J connectivity index is 1.91. The molecule has 1 aromatic carbocycles. The van der Waals surface area contributed by atoms with Crippen molar-refractivity contribution >= 4 is 15.9 Å². The predicted octanol–water partition coefficient (Wildman–Crippen LogP) is 3.11. The van der Waals surface area contributed by atoms with Crippen molar-refractivity contribution in [1.29, 1.82) is 0 Å². The van der Waals surface area contributed by atoms with Crippen molar-refractivity contribution in [3.05, 3.63) is 35.4 Å². The van der Waals surface area contributed by atoms with Gasteiger partial charge in [0.05, 0.1) is 17.8 Å². The molecule has 2 saturated heterocycles. The van der Waals surface area contributed by atoms with Crippen LogP contribution in [0.5, 0.6) is 0 Å². The normalized spacial score (nSPS) is 36.1. The third-order valence-electron chi connectivity index (χ3n) is 3.94. The highest BCUT2D eigenvalue weighted by Gasteiger charge is 2.44. The summed E-state index contributed by atoms with van der Waals surface area (Å²) in [4.78, 5) is 0. The second-order valence-corrected chi connectivity index (χ2v) is 5.79. The summed E-state index contributed by atoms with van der Waals surface area (Å²) in [6, 6.07) is 8.26. The van der Waals surface area contributed by atoms with Gasteiger partial charge >= 0.3 is 0 Å². The Labute approximate surface area is 110 Å². The third kappa shape index (κ3) is 2.16. The first-order chi connectivity index (χ1) is 8.19. The molecule has 2 bridgehead atoms. The van der Waals surface area contributed by atoms with E-state index >= 15 is 0 Å². The summed E-state index contributed by atoms with van der Waals surface area (Å²) in [5, 5.41) is 11.7. The lowest BCUT2D eigenvalue weighted by molar-refractivity contribution is -0.115. The number of hydrogen-bond donors (Lipinski definition) is 1. The maximum absolute atomic E-state index is 10.8. The van der Waals surface area contributed by atoms with Gasteiger partial charge in [-0.3, -0.25) is 0 Å². The zero-order valence-corrected chi connectivity index (χ0v) is 11.3. The molecule has 0 amide bonds. The first-order valence-electron chi connectivity index (χ1n) is 6.23. The topological polar surface area (TPSA) is 29.5 Å². The summed E-state index contributed by atoms with van der Waals surface area (Å²) in [5.74, 6) is 0. The van der Waals surface area contributed by atoms with E-state index in [9.17, 15) is 5.11 Å². The summed E-state index contributed by atoms with van der Waals surface area (Å²) in [6.45, 7) is 0. The fourth-order valence-corrected chi connectivity index (χ4v) is 3.45. The molecule has 2 fully saturated rings. The quantitative estimate of drug-likeness (QED) is 0.850. The number of benzene rings is 1. The maximum atomic E-state index is 10.8. The number of rotatable bonds is 2. The monoisotopic (exact) mass is 296 g/mol. The largest absolute Gasteiger partial charge is 0.385 e. The van der Waals surface area contributed by atoms with E-state index < -0.39 is 5.60 Å². The van der Waals surface area contributed by atoms with Gasteiger partial charge in [-0.2, -0.15) is 0 Å². The van der Waals surface area contributed by atoms with Crippen LogP contribution >= 0.6 is 15.9 Å². The van der Waals surface area contributed by atoms with Crippen LogP contribution in [0.4, 0.5) is 0 Å². The van der Waals surface area contributed by atoms with Crippen molar-refractivity contribution in [2.45, 2.75) is 48.8 Å². The molecule has 1 aromatic rings. The van der Waals surface area contributed by atoms with Crippen molar-refractivity contribution in [1.82, 2.24) is 0 Å². The lowest BCUT2D eigenvalue weighted by Gasteiger charge is -2.37. The molecule has 0 saturated carbocycles. The second kappa shape index (κ2) is 4.38. The van der Waals surface area contributed by atoms with E-state index in [1.807, 2.05) is 12.1 Å². The van der Waals surface area contributed by atoms with Gasteiger partial charge in [0.1, 0.15) is 0 Å². The lowest BCUT2D eigenvalue weighted by Crippen LogP contribution is -2.38. The molecule has 0 aromatic heterocycles. The van der Waals surface area contributed by atoms with Crippen LogP contribution in [0, 0.1) is 0 Å². The summed E-state index contributed by atoms with van der Waals surface area (Å²) in [6.07, 6.45) is 4.21. The third-order valence-corrected chi connectivity index (χ3v) is 4.59. The molecule has 3 rings (SSSR count). The number of alkyl halides is 1. The van der Waals surface area contributed by atoms with Gasteiger partial charge in [0.15, 0.2) is 0 Å². The molecule has 3 heteroatoms. The zero-order chi connectivity index (χ0) is 11.9. The van der Waals surface area contributed by atoms with Gasteiger partial charge in [0, 0.05) is 18.2 Å². The van der Waals surface area contributed by atoms with Crippen LogP contribution in [-0.4, -0.2) is 17.3 Å². The molecule has 2 nitrogen and oxygen atoms in total. The average molecular weight is 297 g/mol. The Bertz CT molecular complexity index is 406. The van der Waals surface area contributed by atoms with Gasteiger partial charge in [0.25, 0.3) is 0 Å². The fourth-order valence-electron chi connectivity index (χ4n) is 3.10. The molecule has 0 radical (unpaired) electrons. The Kier molecular flexibility index (Phi) is 3.01. The van der Waals surface area contributed by atoms with E-state index in [0.717, 1.165) is 36.6 Å². The van der Waals surface area contributed by atoms with Crippen LogP contribution in [-0.2, 0) is 15.7 Å². The summed E-state index contributed by atoms with van der Waals surface area (Å²) < 4.78 is 5.80. The van der Waals surface area contributed by atoms with Gasteiger partial charge < -0.3 is 9.84 Å². The Hall–Kier alpha value is -0.380. The van der Waals surface area contributed by atoms with E-state index in [2.05, 4.69) is 28.1 Å². The number of halogens is 1. The standard InChI is InChI=1S/C14H17BrO2/c15-9-10-2-1-3-11(6-10)14(16)7-12-4-5-13(8-14)17-12/h1-3,6,12-13,16H,4-5,7-9H2. The van der Waals surface area contributed by atoms with Crippen molar-refractivity contribution in [3.63, 3.8) is 0 Å². The van der Waals surface area contributed by atoms with Crippen molar-refractivity contribution in [2.24, 2.45) is 0 Å². The smallest absolute Gasteiger partial charge is 0.0946 e. The first kappa shape index (κ1) is 11.7. The highest BCUT2D eigenvalue weighted by atomic mass is 79.9. The van der Waals surface area contributed by atoms with Crippen LogP contribution in [0.3, 0.4) is 0 Å². The van der Waals surface area contributed by atoms with E-state index in [4.69, 9.17) is 4.74 Å². The molecule has 2 unspecified atom stereocenters. The molecule has 2 aliphatic heterocycles. The SMILES string of the molecule is OC1(c2cccc(CBr)c2)CC2CCC(C1)O2. The van der Waals surface area contributed by atoms with Crippen molar-refractivity contribution < 1.29 is 9.84 Å². The van der Waals surface area contributed by atoms with E-state index in [0.29, 0.717) is 0 Å². The second-order valence-electron chi connectivity index (χ2n) is 5.23. The highest BCUT2D eigenvalue weighted by Crippen LogP contribution is 2.43. The average Bonchev–Trinajstić information content (AvgIpc) is 2.69. The van der Waals surface area contributed by atoms with E-state index in [1.54, 1.807) is 0 Å². The first-order valence-corrected chi connectivity index (χ1v) is 7.35. The Morgan fingerprint density at radius 2 is 2.00 bits per heavy atom. The number of hydrogen-bond acceptors (Lipinski definition) is 2. The molecule has 2 atom stereocenters. The number of aliphatic hydroxyl groups is 1. The Morgan fingerprint density at radius 1 is 1.29 bits per heavy atom. The molecule has 2 heterocycles. The molecular weight excluding hydrogens is 280 g/mol. The minimum Gasteiger partial charge on any atom is -0.385 e. The molecule has 92 valence electrons. The van der Waals surface area contributed by atoms with Crippen LogP contribution in [0.25, 0.3) is 0 Å². The van der Waals surface area contributed by atoms with Crippen LogP contribution in [0.15, 0.2) is 24.3 Å². The Morgan fingerprint density at radius 3 is 2.65 bits per heavy atom. The highest BCUT2D eigenvalue weighted by molar-refractivity contribution is 9.08. The summed E-state index contributed by atoms with van der Waals surface area (Å²) >= 11 is 3.46. The maximum Gasteiger partial charge on any atom is 0.0946 e. The van der Waals surface area contributed by atoms with E-state index in [1.165, 1.54) is 5.56 Å².